The van der Waals surface area contributed by atoms with Crippen LogP contribution in [0.3, 0.4) is 0 Å². The van der Waals surface area contributed by atoms with Crippen molar-refractivity contribution in [2.45, 2.75) is 19.3 Å². The van der Waals surface area contributed by atoms with E-state index in [4.69, 9.17) is 5.11 Å². The molecule has 0 saturated carbocycles. The summed E-state index contributed by atoms with van der Waals surface area (Å²) in [4.78, 5) is 10.5. The lowest BCUT2D eigenvalue weighted by molar-refractivity contribution is -0.274. The Kier molecular flexibility index (Phi) is 4.15. The van der Waals surface area contributed by atoms with Gasteiger partial charge in [0.05, 0.1) is 19.2 Å². The zero-order chi connectivity index (χ0) is 15.5. The molecule has 21 heavy (non-hydrogen) atoms. The topological polar surface area (TPSA) is 64.3 Å². The Morgan fingerprint density at radius 2 is 2.05 bits per heavy atom. The van der Waals surface area contributed by atoms with E-state index in [1.54, 1.807) is 6.07 Å². The van der Waals surface area contributed by atoms with Gasteiger partial charge in [-0.25, -0.2) is 0 Å². The van der Waals surface area contributed by atoms with Crippen LogP contribution in [-0.4, -0.2) is 27.2 Å². The maximum Gasteiger partial charge on any atom is 0.573 e. The number of benzene rings is 1. The molecule has 0 amide bonds. The Morgan fingerprint density at radius 3 is 2.71 bits per heavy atom. The summed E-state index contributed by atoms with van der Waals surface area (Å²) in [5, 5.41) is 12.5. The third kappa shape index (κ3) is 4.23. The van der Waals surface area contributed by atoms with Crippen LogP contribution in [0.4, 0.5) is 13.2 Å². The maximum atomic E-state index is 12.3. The zero-order valence-corrected chi connectivity index (χ0v) is 10.7. The maximum absolute atomic E-state index is 12.3. The first kappa shape index (κ1) is 14.9. The molecule has 1 aromatic heterocycles. The number of halogens is 3. The highest BCUT2D eigenvalue weighted by molar-refractivity contribution is 5.69. The van der Waals surface area contributed by atoms with Gasteiger partial charge in [-0.2, -0.15) is 5.10 Å². The molecular formula is C13H11F3N2O3. The van der Waals surface area contributed by atoms with Crippen molar-refractivity contribution in [1.82, 2.24) is 9.78 Å². The molecule has 0 aliphatic heterocycles. The predicted molar refractivity (Wildman–Crippen MR) is 66.6 cm³/mol. The fourth-order valence-electron chi connectivity index (χ4n) is 1.75. The highest BCUT2D eigenvalue weighted by atomic mass is 19.4. The number of aromatic nitrogens is 2. The van der Waals surface area contributed by atoms with Crippen LogP contribution in [0.15, 0.2) is 36.7 Å². The first-order valence-corrected chi connectivity index (χ1v) is 5.94. The van der Waals surface area contributed by atoms with Crippen LogP contribution in [0.1, 0.15) is 6.42 Å². The number of nitrogens with zero attached hydrogens (tertiary/aromatic N) is 2. The first-order valence-electron chi connectivity index (χ1n) is 5.94. The normalized spacial score (nSPS) is 11.4. The fourth-order valence-corrected chi connectivity index (χ4v) is 1.75. The highest BCUT2D eigenvalue weighted by Crippen LogP contribution is 2.33. The molecule has 5 nitrogen and oxygen atoms in total. The largest absolute Gasteiger partial charge is 0.573 e. The lowest BCUT2D eigenvalue weighted by Gasteiger charge is -2.11. The summed E-state index contributed by atoms with van der Waals surface area (Å²) in [5.74, 6) is -1.31. The van der Waals surface area contributed by atoms with Crippen LogP contribution < -0.4 is 4.74 Å². The molecule has 0 fully saturated rings. The van der Waals surface area contributed by atoms with Gasteiger partial charge in [-0.3, -0.25) is 9.48 Å². The number of ether oxygens (including phenoxy) is 1. The Morgan fingerprint density at radius 1 is 1.33 bits per heavy atom. The minimum absolute atomic E-state index is 0.123. The molecule has 0 aliphatic carbocycles. The molecule has 0 atom stereocenters. The number of aliphatic carboxylic acids is 1. The van der Waals surface area contributed by atoms with Crippen molar-refractivity contribution < 1.29 is 27.8 Å². The molecule has 2 rings (SSSR count). The van der Waals surface area contributed by atoms with E-state index in [0.717, 1.165) is 0 Å². The molecule has 1 heterocycles. The molecule has 112 valence electrons. The van der Waals surface area contributed by atoms with Gasteiger partial charge in [0.1, 0.15) is 5.75 Å². The molecule has 2 aromatic rings. The molecular weight excluding hydrogens is 289 g/mol. The number of alkyl halides is 3. The van der Waals surface area contributed by atoms with Crippen LogP contribution in [0, 0.1) is 0 Å². The van der Waals surface area contributed by atoms with Crippen LogP contribution in [0.5, 0.6) is 5.75 Å². The predicted octanol–water partition coefficient (Wildman–Crippen LogP) is 2.92. The van der Waals surface area contributed by atoms with Crippen molar-refractivity contribution in [3.05, 3.63) is 36.7 Å². The van der Waals surface area contributed by atoms with Gasteiger partial charge in [-0.1, -0.05) is 18.2 Å². The van der Waals surface area contributed by atoms with Gasteiger partial charge in [-0.05, 0) is 6.07 Å². The number of carboxylic acid groups (broad SMARTS) is 1. The van der Waals surface area contributed by atoms with Crippen LogP contribution in [0.25, 0.3) is 11.1 Å². The molecule has 0 bridgehead atoms. The summed E-state index contributed by atoms with van der Waals surface area (Å²) >= 11 is 0. The van der Waals surface area contributed by atoms with Crippen molar-refractivity contribution in [3.63, 3.8) is 0 Å². The average molecular weight is 300 g/mol. The molecule has 0 saturated heterocycles. The number of aryl methyl sites for hydroxylation is 1. The monoisotopic (exact) mass is 300 g/mol. The van der Waals surface area contributed by atoms with E-state index in [2.05, 4.69) is 9.84 Å². The van der Waals surface area contributed by atoms with Crippen LogP contribution >= 0.6 is 0 Å². The third-order valence-corrected chi connectivity index (χ3v) is 2.61. The fraction of sp³-hybridized carbons (Fsp3) is 0.231. The van der Waals surface area contributed by atoms with Gasteiger partial charge in [0.25, 0.3) is 0 Å². The summed E-state index contributed by atoms with van der Waals surface area (Å²) in [6, 6.07) is 5.68. The van der Waals surface area contributed by atoms with Crippen molar-refractivity contribution in [2.75, 3.05) is 0 Å². The zero-order valence-electron chi connectivity index (χ0n) is 10.7. The van der Waals surface area contributed by atoms with E-state index in [-0.39, 0.29) is 24.3 Å². The second-order valence-electron chi connectivity index (χ2n) is 4.18. The molecule has 1 N–H and O–H groups in total. The third-order valence-electron chi connectivity index (χ3n) is 2.61. The first-order chi connectivity index (χ1) is 9.85. The Bertz CT molecular complexity index is 638. The summed E-state index contributed by atoms with van der Waals surface area (Å²) in [6.45, 7) is 0.137. The second-order valence-corrected chi connectivity index (χ2v) is 4.18. The van der Waals surface area contributed by atoms with Crippen molar-refractivity contribution >= 4 is 5.97 Å². The summed E-state index contributed by atoms with van der Waals surface area (Å²) in [5.41, 5.74) is 0.650. The van der Waals surface area contributed by atoms with Gasteiger partial charge in [0.15, 0.2) is 0 Å². The minimum atomic E-state index is -4.78. The standard InChI is InChI=1S/C13H11F3N2O3/c14-13(15,16)21-11-4-2-1-3-10(11)9-7-17-18(8-9)6-5-12(19)20/h1-4,7-8H,5-6H2,(H,19,20). The number of hydrogen-bond donors (Lipinski definition) is 1. The van der Waals surface area contributed by atoms with Crippen molar-refractivity contribution in [2.24, 2.45) is 0 Å². The lowest BCUT2D eigenvalue weighted by Crippen LogP contribution is -2.17. The SMILES string of the molecule is O=C(O)CCn1cc(-c2ccccc2OC(F)(F)F)cn1. The van der Waals surface area contributed by atoms with E-state index in [0.29, 0.717) is 5.56 Å². The van der Waals surface area contributed by atoms with Gasteiger partial charge in [-0.15, -0.1) is 13.2 Å². The van der Waals surface area contributed by atoms with E-state index in [1.165, 1.54) is 35.3 Å². The smallest absolute Gasteiger partial charge is 0.481 e. The molecule has 0 unspecified atom stereocenters. The average Bonchev–Trinajstić information content (AvgIpc) is 2.83. The van der Waals surface area contributed by atoms with Crippen LogP contribution in [-0.2, 0) is 11.3 Å². The summed E-state index contributed by atoms with van der Waals surface area (Å²) in [6.07, 6.45) is -2.07. The van der Waals surface area contributed by atoms with Crippen molar-refractivity contribution in [3.8, 4) is 16.9 Å². The lowest BCUT2D eigenvalue weighted by atomic mass is 10.1. The van der Waals surface area contributed by atoms with Gasteiger partial charge in [0, 0.05) is 17.3 Å². The van der Waals surface area contributed by atoms with E-state index in [9.17, 15) is 18.0 Å². The van der Waals surface area contributed by atoms with Gasteiger partial charge >= 0.3 is 12.3 Å². The number of hydrogen-bond acceptors (Lipinski definition) is 3. The van der Waals surface area contributed by atoms with Crippen molar-refractivity contribution in [1.29, 1.82) is 0 Å². The quantitative estimate of drug-likeness (QED) is 0.922. The molecule has 0 aliphatic rings. The Balaban J connectivity index is 2.24. The van der Waals surface area contributed by atoms with E-state index < -0.39 is 12.3 Å². The highest BCUT2D eigenvalue weighted by Gasteiger charge is 2.32. The van der Waals surface area contributed by atoms with Crippen LogP contribution in [0.2, 0.25) is 0 Å². The molecule has 8 heteroatoms. The molecule has 0 spiro atoms. The summed E-state index contributed by atoms with van der Waals surface area (Å²) < 4.78 is 42.3. The molecule has 0 radical (unpaired) electrons. The second kappa shape index (κ2) is 5.86. The molecule has 1 aromatic carbocycles. The van der Waals surface area contributed by atoms with Gasteiger partial charge < -0.3 is 9.84 Å². The Labute approximate surface area is 117 Å². The number of rotatable bonds is 5. The van der Waals surface area contributed by atoms with E-state index in [1.807, 2.05) is 0 Å². The Hall–Kier alpha value is -2.51. The van der Waals surface area contributed by atoms with E-state index >= 15 is 0 Å². The number of carbonyl (C=O) groups is 1. The number of para-hydroxylation sites is 1. The van der Waals surface area contributed by atoms with Gasteiger partial charge in [0.2, 0.25) is 0 Å². The minimum Gasteiger partial charge on any atom is -0.481 e. The summed E-state index contributed by atoms with van der Waals surface area (Å²) in [7, 11) is 0. The number of carboxylic acids is 1.